The maximum absolute atomic E-state index is 12.6. The van der Waals surface area contributed by atoms with Gasteiger partial charge in [-0.25, -0.2) is 4.57 Å². The summed E-state index contributed by atoms with van der Waals surface area (Å²) in [5.41, 5.74) is 0. The topological polar surface area (TPSA) is 149 Å². The Morgan fingerprint density at radius 3 is 1.24 bits per heavy atom. The number of esters is 2. The summed E-state index contributed by atoms with van der Waals surface area (Å²) in [5.74, 6) is -0.935. The molecule has 59 heavy (non-hydrogen) atoms. The summed E-state index contributed by atoms with van der Waals surface area (Å²) < 4.78 is 32.8. The maximum atomic E-state index is 12.6. The Morgan fingerprint density at radius 2 is 0.831 bits per heavy atom. The van der Waals surface area contributed by atoms with Gasteiger partial charge in [0, 0.05) is 12.8 Å². The van der Waals surface area contributed by atoms with E-state index in [-0.39, 0.29) is 19.4 Å². The first-order valence-corrected chi connectivity index (χ1v) is 25.8. The second-order valence-corrected chi connectivity index (χ2v) is 17.9. The van der Waals surface area contributed by atoms with Crippen molar-refractivity contribution < 1.29 is 47.8 Å². The van der Waals surface area contributed by atoms with Crippen LogP contribution in [0.15, 0.2) is 24.3 Å². The van der Waals surface area contributed by atoms with Crippen LogP contribution in [0.2, 0.25) is 0 Å². The van der Waals surface area contributed by atoms with Crippen molar-refractivity contribution in [3.8, 4) is 0 Å². The van der Waals surface area contributed by atoms with Gasteiger partial charge in [-0.05, 0) is 64.2 Å². The summed E-state index contributed by atoms with van der Waals surface area (Å²) >= 11 is 0. The number of unbranched alkanes of at least 4 members (excludes halogenated alkanes) is 28. The highest BCUT2D eigenvalue weighted by Crippen LogP contribution is 2.43. The molecule has 10 nitrogen and oxygen atoms in total. The van der Waals surface area contributed by atoms with Crippen molar-refractivity contribution in [2.45, 2.75) is 244 Å². The van der Waals surface area contributed by atoms with E-state index in [0.29, 0.717) is 12.8 Å². The highest BCUT2D eigenvalue weighted by atomic mass is 31.2. The molecular weight excluding hydrogens is 767 g/mol. The number of aliphatic hydroxyl groups is 2. The van der Waals surface area contributed by atoms with Crippen molar-refractivity contribution in [3.05, 3.63) is 24.3 Å². The molecule has 0 saturated carbocycles. The highest BCUT2D eigenvalue weighted by Gasteiger charge is 2.27. The molecule has 0 aromatic carbocycles. The average Bonchev–Trinajstić information content (AvgIpc) is 3.22. The minimum atomic E-state index is -4.62. The molecule has 0 amide bonds. The highest BCUT2D eigenvalue weighted by molar-refractivity contribution is 7.47. The average molecular weight is 859 g/mol. The third-order valence-electron chi connectivity index (χ3n) is 10.6. The minimum absolute atomic E-state index is 0.166. The van der Waals surface area contributed by atoms with Gasteiger partial charge in [-0.1, -0.05) is 179 Å². The van der Waals surface area contributed by atoms with Crippen LogP contribution in [0.4, 0.5) is 0 Å². The number of hydrogen-bond donors (Lipinski definition) is 3. The second-order valence-electron chi connectivity index (χ2n) is 16.5. The molecule has 0 bridgehead atoms. The van der Waals surface area contributed by atoms with E-state index in [1.807, 2.05) is 0 Å². The van der Waals surface area contributed by atoms with Crippen LogP contribution in [-0.2, 0) is 32.7 Å². The molecule has 0 saturated heterocycles. The molecule has 3 atom stereocenters. The first kappa shape index (κ1) is 57.4. The lowest BCUT2D eigenvalue weighted by molar-refractivity contribution is -0.161. The Bertz CT molecular complexity index is 1040. The molecular formula is C48H91O10P. The molecule has 0 aromatic rings. The van der Waals surface area contributed by atoms with Gasteiger partial charge < -0.3 is 24.6 Å². The van der Waals surface area contributed by atoms with Crippen molar-refractivity contribution >= 4 is 19.8 Å². The fourth-order valence-electron chi connectivity index (χ4n) is 6.81. The van der Waals surface area contributed by atoms with Gasteiger partial charge >= 0.3 is 19.8 Å². The molecule has 0 aromatic heterocycles. The molecule has 1 unspecified atom stereocenters. The summed E-state index contributed by atoms with van der Waals surface area (Å²) in [6.45, 7) is 2.39. The maximum Gasteiger partial charge on any atom is 0.472 e. The molecule has 0 rings (SSSR count). The van der Waals surface area contributed by atoms with E-state index in [0.717, 1.165) is 44.9 Å². The third-order valence-corrected chi connectivity index (χ3v) is 11.5. The summed E-state index contributed by atoms with van der Waals surface area (Å²) in [5, 5.41) is 18.4. The summed E-state index contributed by atoms with van der Waals surface area (Å²) in [6.07, 6.45) is 45.7. The Labute approximate surface area is 361 Å². The van der Waals surface area contributed by atoms with Crippen molar-refractivity contribution in [2.75, 3.05) is 26.4 Å². The van der Waals surface area contributed by atoms with Crippen LogP contribution in [0, 0.1) is 0 Å². The lowest BCUT2D eigenvalue weighted by Gasteiger charge is -2.20. The van der Waals surface area contributed by atoms with E-state index in [2.05, 4.69) is 38.2 Å². The van der Waals surface area contributed by atoms with Crippen LogP contribution < -0.4 is 0 Å². The van der Waals surface area contributed by atoms with Gasteiger partial charge in [0.15, 0.2) is 6.10 Å². The zero-order valence-electron chi connectivity index (χ0n) is 38.0. The van der Waals surface area contributed by atoms with E-state index in [9.17, 15) is 24.2 Å². The van der Waals surface area contributed by atoms with Gasteiger partial charge in [0.05, 0.1) is 19.8 Å². The first-order chi connectivity index (χ1) is 28.7. The van der Waals surface area contributed by atoms with Crippen LogP contribution in [-0.4, -0.2) is 65.7 Å². The smallest absolute Gasteiger partial charge is 0.462 e. The van der Waals surface area contributed by atoms with Crippen LogP contribution >= 0.6 is 7.82 Å². The molecule has 11 heteroatoms. The minimum Gasteiger partial charge on any atom is -0.462 e. The van der Waals surface area contributed by atoms with Crippen LogP contribution in [0.25, 0.3) is 0 Å². The predicted molar refractivity (Wildman–Crippen MR) is 242 cm³/mol. The molecule has 0 spiro atoms. The zero-order valence-corrected chi connectivity index (χ0v) is 38.9. The number of carbonyl (C=O) groups is 2. The van der Waals surface area contributed by atoms with Gasteiger partial charge in [0.2, 0.25) is 0 Å². The molecule has 0 heterocycles. The SMILES string of the molecule is CCCCCCCC/C=C/CCCCCCCCCCCCCC(=O)OC[C@@H](COP(=O)(O)OC[C@H](O)CO)OC(=O)CCCCC/C=C/CCCCCCCCCC. The van der Waals surface area contributed by atoms with Gasteiger partial charge in [-0.15, -0.1) is 0 Å². The molecule has 0 aliphatic rings. The van der Waals surface area contributed by atoms with Gasteiger partial charge in [-0.2, -0.15) is 0 Å². The van der Waals surface area contributed by atoms with Crippen LogP contribution in [0.3, 0.4) is 0 Å². The van der Waals surface area contributed by atoms with Gasteiger partial charge in [-0.3, -0.25) is 18.6 Å². The Morgan fingerprint density at radius 1 is 0.492 bits per heavy atom. The van der Waals surface area contributed by atoms with Crippen LogP contribution in [0.1, 0.15) is 232 Å². The monoisotopic (exact) mass is 859 g/mol. The molecule has 0 aliphatic carbocycles. The van der Waals surface area contributed by atoms with E-state index < -0.39 is 51.8 Å². The normalized spacial score (nSPS) is 13.9. The van der Waals surface area contributed by atoms with E-state index in [1.54, 1.807) is 0 Å². The van der Waals surface area contributed by atoms with Gasteiger partial charge in [0.25, 0.3) is 0 Å². The molecule has 348 valence electrons. The Balaban J connectivity index is 4.19. The van der Waals surface area contributed by atoms with E-state index >= 15 is 0 Å². The largest absolute Gasteiger partial charge is 0.472 e. The summed E-state index contributed by atoms with van der Waals surface area (Å²) in [7, 11) is -4.62. The number of hydrogen-bond acceptors (Lipinski definition) is 9. The van der Waals surface area contributed by atoms with Crippen molar-refractivity contribution in [2.24, 2.45) is 0 Å². The van der Waals surface area contributed by atoms with E-state index in [4.69, 9.17) is 23.6 Å². The lowest BCUT2D eigenvalue weighted by atomic mass is 10.0. The summed E-state index contributed by atoms with van der Waals surface area (Å²) in [4.78, 5) is 35.1. The fourth-order valence-corrected chi connectivity index (χ4v) is 7.60. The zero-order chi connectivity index (χ0) is 43.3. The number of ether oxygens (including phenoxy) is 2. The third kappa shape index (κ3) is 44.3. The summed E-state index contributed by atoms with van der Waals surface area (Å²) in [6, 6.07) is 0. The Kier molecular flexibility index (Phi) is 43.3. The number of phosphoric ester groups is 1. The quantitative estimate of drug-likeness (QED) is 0.0234. The van der Waals surface area contributed by atoms with Crippen LogP contribution in [0.5, 0.6) is 0 Å². The van der Waals surface area contributed by atoms with Crippen molar-refractivity contribution in [1.29, 1.82) is 0 Å². The molecule has 0 fully saturated rings. The number of aliphatic hydroxyl groups excluding tert-OH is 2. The Hall–Kier alpha value is -1.55. The van der Waals surface area contributed by atoms with E-state index in [1.165, 1.54) is 148 Å². The van der Waals surface area contributed by atoms with Gasteiger partial charge in [0.1, 0.15) is 12.7 Å². The molecule has 3 N–H and O–H groups in total. The number of carbonyl (C=O) groups excluding carboxylic acids is 2. The van der Waals surface area contributed by atoms with Crippen molar-refractivity contribution in [3.63, 3.8) is 0 Å². The molecule has 0 radical (unpaired) electrons. The van der Waals surface area contributed by atoms with Crippen molar-refractivity contribution in [1.82, 2.24) is 0 Å². The number of allylic oxidation sites excluding steroid dienone is 4. The first-order valence-electron chi connectivity index (χ1n) is 24.3. The second kappa shape index (κ2) is 44.5. The predicted octanol–water partition coefficient (Wildman–Crippen LogP) is 13.3. The number of phosphoric acid groups is 1. The lowest BCUT2D eigenvalue weighted by Crippen LogP contribution is -2.29. The fraction of sp³-hybridized carbons (Fsp3) is 0.875. The molecule has 0 aliphatic heterocycles. The number of rotatable bonds is 46. The standard InChI is InChI=1S/C48H91O10P/c1-3-5-7-9-11-13-15-17-19-20-21-22-23-24-26-27-29-31-33-35-37-39-47(51)55-43-46(44-57-59(53,54)56-42-45(50)41-49)58-48(52)40-38-36-34-32-30-28-25-18-16-14-12-10-8-6-4-2/h17,19,28,30,45-46,49-50H,3-16,18,20-27,29,31-44H2,1-2H3,(H,53,54)/b19-17+,30-28+/t45-,46+/m1/s1.